The van der Waals surface area contributed by atoms with Gasteiger partial charge in [-0.25, -0.2) is 8.42 Å². The van der Waals surface area contributed by atoms with Gasteiger partial charge in [-0.1, -0.05) is 0 Å². The summed E-state index contributed by atoms with van der Waals surface area (Å²) in [5.74, 6) is 0. The maximum atomic E-state index is 10.2. The van der Waals surface area contributed by atoms with Gasteiger partial charge in [0.25, 0.3) is 0 Å². The van der Waals surface area contributed by atoms with Gasteiger partial charge in [-0.05, 0) is 12.8 Å². The topological polar surface area (TPSA) is 34.1 Å². The molecule has 1 saturated carbocycles. The standard InChI is InChI=1S/C4H6O2S/c1-7(5,6)4-2-3-4/h1,4H,2-3H2. The second-order valence-corrected chi connectivity index (χ2v) is 3.63. The molecule has 40 valence electrons. The Bertz CT molecular complexity index is 153. The van der Waals surface area contributed by atoms with Crippen LogP contribution >= 0.6 is 0 Å². The highest BCUT2D eigenvalue weighted by Gasteiger charge is 2.31. The lowest BCUT2D eigenvalue weighted by atomic mass is 11.0. The molecule has 0 heterocycles. The SMILES string of the molecule is [CH]S(=O)(=O)C1CC1. The van der Waals surface area contributed by atoms with Crippen LogP contribution in [0.2, 0.25) is 0 Å². The molecular formula is C4H6O2S. The van der Waals surface area contributed by atoms with Crippen molar-refractivity contribution < 1.29 is 8.42 Å². The zero-order valence-electron chi connectivity index (χ0n) is 3.79. The van der Waals surface area contributed by atoms with Crippen molar-refractivity contribution in [2.75, 3.05) is 0 Å². The largest absolute Gasteiger partial charge is 0.228 e. The van der Waals surface area contributed by atoms with Gasteiger partial charge in [0.1, 0.15) is 0 Å². The molecular weight excluding hydrogens is 112 g/mol. The van der Waals surface area contributed by atoms with E-state index < -0.39 is 9.84 Å². The molecule has 2 nitrogen and oxygen atoms in total. The molecule has 1 aliphatic rings. The second-order valence-electron chi connectivity index (χ2n) is 1.79. The van der Waals surface area contributed by atoms with Crippen LogP contribution in [0.1, 0.15) is 12.8 Å². The van der Waals surface area contributed by atoms with E-state index in [0.717, 1.165) is 12.8 Å². The zero-order chi connectivity index (χ0) is 5.49. The minimum Gasteiger partial charge on any atom is -0.228 e. The second kappa shape index (κ2) is 1.22. The number of sulfone groups is 1. The summed E-state index contributed by atoms with van der Waals surface area (Å²) in [7, 11) is -3.13. The molecule has 0 aliphatic heterocycles. The van der Waals surface area contributed by atoms with Crippen molar-refractivity contribution in [3.8, 4) is 0 Å². The first kappa shape index (κ1) is 5.09. The van der Waals surface area contributed by atoms with Crippen LogP contribution in [0.5, 0.6) is 0 Å². The van der Waals surface area contributed by atoms with Crippen molar-refractivity contribution >= 4 is 9.84 Å². The van der Waals surface area contributed by atoms with E-state index in [9.17, 15) is 8.42 Å². The fourth-order valence-corrected chi connectivity index (χ4v) is 1.19. The molecule has 2 radical (unpaired) electrons. The average molecular weight is 118 g/mol. The minimum atomic E-state index is -3.13. The van der Waals surface area contributed by atoms with E-state index in [1.165, 1.54) is 0 Å². The summed E-state index contributed by atoms with van der Waals surface area (Å²) < 4.78 is 20.3. The Hall–Kier alpha value is -0.0500. The lowest BCUT2D eigenvalue weighted by Crippen LogP contribution is -1.98. The van der Waals surface area contributed by atoms with Crippen molar-refractivity contribution in [1.82, 2.24) is 0 Å². The van der Waals surface area contributed by atoms with E-state index in [-0.39, 0.29) is 5.25 Å². The monoisotopic (exact) mass is 118 g/mol. The summed E-state index contributed by atoms with van der Waals surface area (Å²) in [5.41, 5.74) is 0. The number of rotatable bonds is 1. The Balaban J connectivity index is 2.71. The highest BCUT2D eigenvalue weighted by atomic mass is 32.2. The normalized spacial score (nSPS) is 22.4. The van der Waals surface area contributed by atoms with Gasteiger partial charge in [0.05, 0.1) is 11.5 Å². The molecule has 0 saturated heterocycles. The summed E-state index contributed by atoms with van der Waals surface area (Å²) in [5, 5.41) is -0.201. The highest BCUT2D eigenvalue weighted by Crippen LogP contribution is 2.27. The lowest BCUT2D eigenvalue weighted by molar-refractivity contribution is 0.603. The first-order valence-corrected chi connectivity index (χ1v) is 3.73. The van der Waals surface area contributed by atoms with Crippen LogP contribution in [0, 0.1) is 6.26 Å². The molecule has 0 bridgehead atoms. The van der Waals surface area contributed by atoms with Gasteiger partial charge in [-0.15, -0.1) is 0 Å². The molecule has 1 aliphatic carbocycles. The summed E-state index contributed by atoms with van der Waals surface area (Å²) in [4.78, 5) is 0. The third kappa shape index (κ3) is 1.16. The molecule has 1 rings (SSSR count). The Morgan fingerprint density at radius 2 is 1.86 bits per heavy atom. The van der Waals surface area contributed by atoms with E-state index in [1.54, 1.807) is 0 Å². The van der Waals surface area contributed by atoms with Gasteiger partial charge >= 0.3 is 0 Å². The highest BCUT2D eigenvalue weighted by molar-refractivity contribution is 7.93. The van der Waals surface area contributed by atoms with E-state index in [2.05, 4.69) is 0 Å². The van der Waals surface area contributed by atoms with Crippen LogP contribution in [-0.4, -0.2) is 13.7 Å². The minimum absolute atomic E-state index is 0.201. The van der Waals surface area contributed by atoms with Crippen LogP contribution < -0.4 is 0 Å². The van der Waals surface area contributed by atoms with Gasteiger partial charge in [-0.2, -0.15) is 0 Å². The maximum Gasteiger partial charge on any atom is 0.158 e. The van der Waals surface area contributed by atoms with Crippen LogP contribution in [0.4, 0.5) is 0 Å². The molecule has 0 atom stereocenters. The summed E-state index contributed by atoms with van der Waals surface area (Å²) in [6.07, 6.45) is 6.24. The Morgan fingerprint density at radius 3 is 1.86 bits per heavy atom. The quantitative estimate of drug-likeness (QED) is 0.494. The molecule has 0 spiro atoms. The third-order valence-corrected chi connectivity index (χ3v) is 2.39. The number of hydrogen-bond acceptors (Lipinski definition) is 2. The molecule has 3 heteroatoms. The van der Waals surface area contributed by atoms with Gasteiger partial charge in [0.15, 0.2) is 9.84 Å². The molecule has 0 unspecified atom stereocenters. The Kier molecular flexibility index (Phi) is 0.885. The first-order valence-electron chi connectivity index (χ1n) is 2.12. The van der Waals surface area contributed by atoms with Crippen LogP contribution in [-0.2, 0) is 9.84 Å². The van der Waals surface area contributed by atoms with Crippen molar-refractivity contribution in [3.05, 3.63) is 6.26 Å². The zero-order valence-corrected chi connectivity index (χ0v) is 4.61. The molecule has 0 aromatic carbocycles. The van der Waals surface area contributed by atoms with Gasteiger partial charge < -0.3 is 0 Å². The molecule has 0 aromatic heterocycles. The average Bonchev–Trinajstić information content (AvgIpc) is 1.99. The van der Waals surface area contributed by atoms with Crippen molar-refractivity contribution in [2.24, 2.45) is 0 Å². The van der Waals surface area contributed by atoms with Gasteiger partial charge in [-0.3, -0.25) is 0 Å². The van der Waals surface area contributed by atoms with E-state index in [0.29, 0.717) is 0 Å². The fourth-order valence-electron chi connectivity index (χ4n) is 0.397. The van der Waals surface area contributed by atoms with Gasteiger partial charge in [0.2, 0.25) is 0 Å². The first-order chi connectivity index (χ1) is 3.11. The van der Waals surface area contributed by atoms with Crippen molar-refractivity contribution in [1.29, 1.82) is 0 Å². The molecule has 0 N–H and O–H groups in total. The predicted octanol–water partition coefficient (Wildman–Crippen LogP) is 0.232. The summed E-state index contributed by atoms with van der Waals surface area (Å²) in [6.45, 7) is 0. The molecule has 7 heavy (non-hydrogen) atoms. The van der Waals surface area contributed by atoms with Crippen LogP contribution in [0.15, 0.2) is 0 Å². The third-order valence-electron chi connectivity index (χ3n) is 0.989. The van der Waals surface area contributed by atoms with Crippen LogP contribution in [0.3, 0.4) is 0 Å². The predicted molar refractivity (Wildman–Crippen MR) is 26.2 cm³/mol. The molecule has 0 aromatic rings. The molecule has 0 amide bonds. The van der Waals surface area contributed by atoms with E-state index >= 15 is 0 Å². The number of hydrogen-bond donors (Lipinski definition) is 0. The Morgan fingerprint density at radius 1 is 1.43 bits per heavy atom. The van der Waals surface area contributed by atoms with Crippen molar-refractivity contribution in [3.63, 3.8) is 0 Å². The van der Waals surface area contributed by atoms with Gasteiger partial charge in [0, 0.05) is 0 Å². The van der Waals surface area contributed by atoms with E-state index in [1.807, 2.05) is 0 Å². The fraction of sp³-hybridized carbons (Fsp3) is 0.750. The smallest absolute Gasteiger partial charge is 0.158 e. The van der Waals surface area contributed by atoms with E-state index in [4.69, 9.17) is 6.26 Å². The maximum absolute atomic E-state index is 10.2. The van der Waals surface area contributed by atoms with Crippen LogP contribution in [0.25, 0.3) is 0 Å². The lowest BCUT2D eigenvalue weighted by Gasteiger charge is -1.83. The Labute approximate surface area is 43.5 Å². The summed E-state index contributed by atoms with van der Waals surface area (Å²) >= 11 is 0. The molecule has 1 fully saturated rings. The summed E-state index contributed by atoms with van der Waals surface area (Å²) in [6, 6.07) is 0. The van der Waals surface area contributed by atoms with Crippen molar-refractivity contribution in [2.45, 2.75) is 18.1 Å².